The Hall–Kier alpha value is -2.38. The van der Waals surface area contributed by atoms with Gasteiger partial charge in [-0.3, -0.25) is 9.20 Å². The highest BCUT2D eigenvalue weighted by Crippen LogP contribution is 2.35. The number of aromatic nitrogens is 2. The first-order valence-electron chi connectivity index (χ1n) is 10.2. The highest BCUT2D eigenvalue weighted by atomic mass is 32.1. The zero-order chi connectivity index (χ0) is 20.4. The molecule has 2 aromatic heterocycles. The number of benzene rings is 1. The molecule has 0 aliphatic carbocycles. The van der Waals surface area contributed by atoms with Crippen LogP contribution in [0, 0.1) is 12.8 Å². The number of anilines is 1. The molecule has 1 aromatic carbocycles. The summed E-state index contributed by atoms with van der Waals surface area (Å²) in [5.74, 6) is 1.75. The third-order valence-electron chi connectivity index (χ3n) is 5.61. The van der Waals surface area contributed by atoms with Gasteiger partial charge in [-0.2, -0.15) is 0 Å². The lowest BCUT2D eigenvalue weighted by Crippen LogP contribution is -2.37. The molecular formula is C22H28N4O2S. The van der Waals surface area contributed by atoms with E-state index in [1.807, 2.05) is 30.0 Å². The van der Waals surface area contributed by atoms with Gasteiger partial charge in [0.05, 0.1) is 6.61 Å². The van der Waals surface area contributed by atoms with E-state index < -0.39 is 0 Å². The first kappa shape index (κ1) is 19.9. The molecule has 0 radical (unpaired) electrons. The van der Waals surface area contributed by atoms with Gasteiger partial charge in [-0.1, -0.05) is 48.6 Å². The van der Waals surface area contributed by atoms with Crippen molar-refractivity contribution in [2.75, 3.05) is 38.7 Å². The lowest BCUT2D eigenvalue weighted by Gasteiger charge is -2.30. The maximum atomic E-state index is 13.2. The fourth-order valence-electron chi connectivity index (χ4n) is 3.83. The molecule has 1 aliphatic heterocycles. The maximum Gasteiger partial charge on any atom is 0.265 e. The van der Waals surface area contributed by atoms with Crippen molar-refractivity contribution in [1.29, 1.82) is 0 Å². The van der Waals surface area contributed by atoms with Crippen LogP contribution in [0.15, 0.2) is 30.3 Å². The summed E-state index contributed by atoms with van der Waals surface area (Å²) in [6.45, 7) is 7.23. The lowest BCUT2D eigenvalue weighted by molar-refractivity contribution is 0.0701. The number of nitrogens with one attached hydrogen (secondary N) is 1. The van der Waals surface area contributed by atoms with E-state index in [1.54, 1.807) is 7.11 Å². The number of rotatable bonds is 6. The van der Waals surface area contributed by atoms with Crippen LogP contribution in [-0.2, 0) is 4.74 Å². The van der Waals surface area contributed by atoms with Crippen molar-refractivity contribution in [3.8, 4) is 11.3 Å². The van der Waals surface area contributed by atoms with E-state index in [4.69, 9.17) is 9.72 Å². The SMILES string of the molecule is COCCNc1c(-c2ccccc2)nc2sc(C(=O)N3CCC(C)CC3)c(C)n12. The van der Waals surface area contributed by atoms with Crippen LogP contribution in [0.5, 0.6) is 0 Å². The van der Waals surface area contributed by atoms with Crippen LogP contribution in [-0.4, -0.2) is 53.5 Å². The van der Waals surface area contributed by atoms with Crippen LogP contribution in [0.2, 0.25) is 0 Å². The second kappa shape index (κ2) is 8.55. The second-order valence-electron chi connectivity index (χ2n) is 7.70. The van der Waals surface area contributed by atoms with Gasteiger partial charge in [0.2, 0.25) is 0 Å². The summed E-state index contributed by atoms with van der Waals surface area (Å²) < 4.78 is 7.29. The molecule has 0 unspecified atom stereocenters. The summed E-state index contributed by atoms with van der Waals surface area (Å²) in [5, 5.41) is 3.47. The molecule has 0 atom stereocenters. The summed E-state index contributed by atoms with van der Waals surface area (Å²) in [7, 11) is 1.69. The number of imidazole rings is 1. The Morgan fingerprint density at radius 1 is 1.28 bits per heavy atom. The number of methoxy groups -OCH3 is 1. The number of hydrogen-bond acceptors (Lipinski definition) is 5. The summed E-state index contributed by atoms with van der Waals surface area (Å²) in [5.41, 5.74) is 2.91. The van der Waals surface area contributed by atoms with Gasteiger partial charge in [-0.15, -0.1) is 0 Å². The summed E-state index contributed by atoms with van der Waals surface area (Å²) in [4.78, 5) is 21.7. The molecule has 0 spiro atoms. The van der Waals surface area contributed by atoms with Crippen molar-refractivity contribution < 1.29 is 9.53 Å². The number of thiazole rings is 1. The zero-order valence-corrected chi connectivity index (χ0v) is 18.1. The number of carbonyl (C=O) groups excluding carboxylic acids is 1. The van der Waals surface area contributed by atoms with Crippen LogP contribution in [0.25, 0.3) is 16.2 Å². The number of likely N-dealkylation sites (tertiary alicyclic amines) is 1. The largest absolute Gasteiger partial charge is 0.383 e. The molecule has 0 saturated carbocycles. The van der Waals surface area contributed by atoms with Crippen LogP contribution < -0.4 is 5.32 Å². The number of amides is 1. The summed E-state index contributed by atoms with van der Waals surface area (Å²) in [6.07, 6.45) is 2.16. The fourth-order valence-corrected chi connectivity index (χ4v) is 4.93. The zero-order valence-electron chi connectivity index (χ0n) is 17.3. The van der Waals surface area contributed by atoms with E-state index in [0.717, 1.165) is 58.5 Å². The Balaban J connectivity index is 1.72. The number of piperidine rings is 1. The molecule has 4 rings (SSSR count). The number of aryl methyl sites for hydroxylation is 1. The van der Waals surface area contributed by atoms with Crippen molar-refractivity contribution >= 4 is 28.0 Å². The van der Waals surface area contributed by atoms with Gasteiger partial charge in [-0.05, 0) is 25.7 Å². The van der Waals surface area contributed by atoms with Crippen LogP contribution in [0.1, 0.15) is 35.1 Å². The predicted molar refractivity (Wildman–Crippen MR) is 118 cm³/mol. The van der Waals surface area contributed by atoms with Crippen molar-refractivity contribution in [3.05, 3.63) is 40.9 Å². The Kier molecular flexibility index (Phi) is 5.87. The number of hydrogen-bond donors (Lipinski definition) is 1. The Bertz CT molecular complexity index is 987. The molecule has 29 heavy (non-hydrogen) atoms. The second-order valence-corrected chi connectivity index (χ2v) is 8.68. The van der Waals surface area contributed by atoms with E-state index in [-0.39, 0.29) is 5.91 Å². The number of fused-ring (bicyclic) bond motifs is 1. The van der Waals surface area contributed by atoms with E-state index in [2.05, 4.69) is 28.8 Å². The predicted octanol–water partition coefficient (Wildman–Crippen LogP) is 4.30. The standard InChI is InChI=1S/C22H28N4O2S/c1-15-9-12-25(13-10-15)21(27)19-16(2)26-20(23-11-14-28-3)18(24-22(26)29-19)17-7-5-4-6-8-17/h4-8,15,23H,9-14H2,1-3H3. The van der Waals surface area contributed by atoms with Gasteiger partial charge in [0.1, 0.15) is 16.4 Å². The Morgan fingerprint density at radius 2 is 2.00 bits per heavy atom. The normalized spacial score (nSPS) is 15.2. The third-order valence-corrected chi connectivity index (χ3v) is 6.75. The summed E-state index contributed by atoms with van der Waals surface area (Å²) in [6, 6.07) is 10.2. The van der Waals surface area contributed by atoms with Crippen molar-refractivity contribution in [3.63, 3.8) is 0 Å². The molecule has 7 heteroatoms. The van der Waals surface area contributed by atoms with Gasteiger partial charge in [0.25, 0.3) is 5.91 Å². The van der Waals surface area contributed by atoms with Crippen molar-refractivity contribution in [1.82, 2.24) is 14.3 Å². The van der Waals surface area contributed by atoms with Gasteiger partial charge in [0, 0.05) is 38.0 Å². The van der Waals surface area contributed by atoms with E-state index >= 15 is 0 Å². The highest BCUT2D eigenvalue weighted by Gasteiger charge is 2.27. The third kappa shape index (κ3) is 3.89. The lowest BCUT2D eigenvalue weighted by atomic mass is 9.99. The van der Waals surface area contributed by atoms with E-state index in [9.17, 15) is 4.79 Å². The Labute approximate surface area is 175 Å². The minimum atomic E-state index is 0.133. The topological polar surface area (TPSA) is 58.9 Å². The number of nitrogens with zero attached hydrogens (tertiary/aromatic N) is 3. The van der Waals surface area contributed by atoms with Crippen LogP contribution in [0.4, 0.5) is 5.82 Å². The molecule has 1 aliphatic rings. The molecule has 154 valence electrons. The van der Waals surface area contributed by atoms with E-state index in [1.165, 1.54) is 11.3 Å². The van der Waals surface area contributed by atoms with Gasteiger partial charge in [-0.25, -0.2) is 4.98 Å². The number of carbonyl (C=O) groups is 1. The molecule has 0 bridgehead atoms. The van der Waals surface area contributed by atoms with Crippen molar-refractivity contribution in [2.24, 2.45) is 5.92 Å². The molecule has 3 heterocycles. The van der Waals surface area contributed by atoms with Crippen LogP contribution in [0.3, 0.4) is 0 Å². The number of ether oxygens (including phenoxy) is 1. The summed E-state index contributed by atoms with van der Waals surface area (Å²) >= 11 is 1.48. The minimum Gasteiger partial charge on any atom is -0.383 e. The molecule has 1 saturated heterocycles. The van der Waals surface area contributed by atoms with Gasteiger partial charge >= 0.3 is 0 Å². The van der Waals surface area contributed by atoms with Crippen molar-refractivity contribution in [2.45, 2.75) is 26.7 Å². The highest BCUT2D eigenvalue weighted by molar-refractivity contribution is 7.19. The quantitative estimate of drug-likeness (QED) is 0.613. The molecule has 1 fully saturated rings. The monoisotopic (exact) mass is 412 g/mol. The molecule has 1 amide bonds. The smallest absolute Gasteiger partial charge is 0.265 e. The average Bonchev–Trinajstić information content (AvgIpc) is 3.26. The molecule has 1 N–H and O–H groups in total. The first-order chi connectivity index (χ1) is 14.1. The molecule has 3 aromatic rings. The Morgan fingerprint density at radius 3 is 2.69 bits per heavy atom. The van der Waals surface area contributed by atoms with E-state index in [0.29, 0.717) is 19.1 Å². The fraction of sp³-hybridized carbons (Fsp3) is 0.455. The molecule has 6 nitrogen and oxygen atoms in total. The van der Waals surface area contributed by atoms with Gasteiger partial charge < -0.3 is 15.0 Å². The minimum absolute atomic E-state index is 0.133. The average molecular weight is 413 g/mol. The van der Waals surface area contributed by atoms with Crippen LogP contribution >= 0.6 is 11.3 Å². The van der Waals surface area contributed by atoms with Gasteiger partial charge in [0.15, 0.2) is 4.96 Å². The maximum absolute atomic E-state index is 13.2. The first-order valence-corrected chi connectivity index (χ1v) is 11.0. The molecular weight excluding hydrogens is 384 g/mol.